The summed E-state index contributed by atoms with van der Waals surface area (Å²) in [5.41, 5.74) is -0.0147. The summed E-state index contributed by atoms with van der Waals surface area (Å²) in [6.45, 7) is 0. The van der Waals surface area contributed by atoms with Crippen molar-refractivity contribution in [2.24, 2.45) is 0 Å². The summed E-state index contributed by atoms with van der Waals surface area (Å²) in [7, 11) is 3.06. The molecule has 0 unspecified atom stereocenters. The van der Waals surface area contributed by atoms with Gasteiger partial charge >= 0.3 is 0 Å². The lowest BCUT2D eigenvalue weighted by Gasteiger charge is -1.91. The molecule has 1 rings (SSSR count). The number of hydrogen-bond donors (Lipinski definition) is 0. The zero-order valence-electron chi connectivity index (χ0n) is 4.94. The van der Waals surface area contributed by atoms with Gasteiger partial charge in [0.15, 0.2) is 0 Å². The van der Waals surface area contributed by atoms with Gasteiger partial charge in [-0.3, -0.25) is 15.1 Å². The molecule has 0 atom stereocenters. The molecule has 0 spiro atoms. The van der Waals surface area contributed by atoms with Gasteiger partial charge in [0.25, 0.3) is 5.69 Å². The molecule has 0 fully saturated rings. The molecular weight excluding hydrogens is 148 g/mol. The normalized spacial score (nSPS) is 9.30. The van der Waals surface area contributed by atoms with Crippen LogP contribution in [0.2, 0.25) is 0 Å². The second-order valence-corrected chi connectivity index (χ2v) is 2.19. The molecule has 1 heterocycles. The summed E-state index contributed by atoms with van der Waals surface area (Å²) in [4.78, 5) is 13.3. The van der Waals surface area contributed by atoms with Crippen LogP contribution in [0.5, 0.6) is 0 Å². The monoisotopic (exact) mass is 151 g/mol. The van der Waals surface area contributed by atoms with Crippen molar-refractivity contribution < 1.29 is 4.92 Å². The SMILES string of the molecule is O=[N+]([O-])c1cnccc1[Si]. The Kier molecular flexibility index (Phi) is 1.77. The Morgan fingerprint density at radius 3 is 2.80 bits per heavy atom. The summed E-state index contributed by atoms with van der Waals surface area (Å²) >= 11 is 0. The quantitative estimate of drug-likeness (QED) is 0.317. The molecule has 49 valence electrons. The average molecular weight is 151 g/mol. The Morgan fingerprint density at radius 1 is 1.70 bits per heavy atom. The number of rotatable bonds is 1. The fourth-order valence-electron chi connectivity index (χ4n) is 0.532. The maximum atomic E-state index is 10.2. The highest BCUT2D eigenvalue weighted by Crippen LogP contribution is 2.00. The molecule has 0 aliphatic heterocycles. The van der Waals surface area contributed by atoms with Gasteiger partial charge in [-0.15, -0.1) is 0 Å². The van der Waals surface area contributed by atoms with Gasteiger partial charge in [-0.05, 0) is 6.07 Å². The Labute approximate surface area is 60.5 Å². The highest BCUT2D eigenvalue weighted by Gasteiger charge is 2.07. The molecule has 4 nitrogen and oxygen atoms in total. The summed E-state index contributed by atoms with van der Waals surface area (Å²) in [5, 5.41) is 10.6. The fraction of sp³-hybridized carbons (Fsp3) is 0. The molecule has 0 amide bonds. The van der Waals surface area contributed by atoms with Gasteiger partial charge < -0.3 is 0 Å². The molecule has 5 heteroatoms. The average Bonchev–Trinajstić information content (AvgIpc) is 1.88. The molecule has 0 N–H and O–H groups in total. The number of nitrogens with zero attached hydrogens (tertiary/aromatic N) is 2. The minimum absolute atomic E-state index is 0.0147. The number of hydrogen-bond acceptors (Lipinski definition) is 3. The first-order chi connectivity index (χ1) is 4.72. The molecule has 0 bridgehead atoms. The van der Waals surface area contributed by atoms with E-state index in [0.717, 1.165) is 0 Å². The van der Waals surface area contributed by atoms with E-state index in [1.54, 1.807) is 0 Å². The third-order valence-corrected chi connectivity index (χ3v) is 1.42. The van der Waals surface area contributed by atoms with Crippen molar-refractivity contribution in [3.05, 3.63) is 28.6 Å². The van der Waals surface area contributed by atoms with E-state index in [4.69, 9.17) is 0 Å². The van der Waals surface area contributed by atoms with Gasteiger partial charge in [0.2, 0.25) is 0 Å². The summed E-state index contributed by atoms with van der Waals surface area (Å²) in [6.07, 6.45) is 2.68. The van der Waals surface area contributed by atoms with Crippen molar-refractivity contribution in [2.45, 2.75) is 0 Å². The van der Waals surface area contributed by atoms with Crippen LogP contribution in [0.15, 0.2) is 18.5 Å². The maximum Gasteiger partial charge on any atom is 0.285 e. The second kappa shape index (κ2) is 2.57. The highest BCUT2D eigenvalue weighted by atomic mass is 28.1. The summed E-state index contributed by atoms with van der Waals surface area (Å²) in [6, 6.07) is 1.52. The predicted octanol–water partition coefficient (Wildman–Crippen LogP) is -0.216. The van der Waals surface area contributed by atoms with Crippen molar-refractivity contribution in [1.29, 1.82) is 0 Å². The highest BCUT2D eigenvalue weighted by molar-refractivity contribution is 6.34. The first-order valence-electron chi connectivity index (χ1n) is 2.52. The van der Waals surface area contributed by atoms with Crippen LogP contribution >= 0.6 is 0 Å². The largest absolute Gasteiger partial charge is 0.285 e. The van der Waals surface area contributed by atoms with E-state index in [9.17, 15) is 10.1 Å². The third-order valence-electron chi connectivity index (χ3n) is 0.997. The molecule has 1 aromatic heterocycles. The predicted molar refractivity (Wildman–Crippen MR) is 36.3 cm³/mol. The first kappa shape index (κ1) is 6.88. The van der Waals surface area contributed by atoms with Crippen LogP contribution in [-0.4, -0.2) is 20.1 Å². The first-order valence-corrected chi connectivity index (χ1v) is 3.02. The van der Waals surface area contributed by atoms with E-state index in [1.807, 2.05) is 0 Å². The van der Waals surface area contributed by atoms with Crippen molar-refractivity contribution in [2.75, 3.05) is 0 Å². The van der Waals surface area contributed by atoms with Crippen molar-refractivity contribution in [3.63, 3.8) is 0 Å². The minimum Gasteiger partial charge on any atom is -0.258 e. The van der Waals surface area contributed by atoms with Crippen molar-refractivity contribution in [1.82, 2.24) is 4.98 Å². The number of nitro groups is 1. The molecule has 10 heavy (non-hydrogen) atoms. The molecule has 0 aromatic carbocycles. The van der Waals surface area contributed by atoms with Gasteiger partial charge in [0.1, 0.15) is 6.20 Å². The van der Waals surface area contributed by atoms with E-state index in [0.29, 0.717) is 5.19 Å². The van der Waals surface area contributed by atoms with Crippen molar-refractivity contribution in [3.8, 4) is 0 Å². The Morgan fingerprint density at radius 2 is 2.40 bits per heavy atom. The van der Waals surface area contributed by atoms with Crippen molar-refractivity contribution >= 4 is 21.1 Å². The van der Waals surface area contributed by atoms with Crippen LogP contribution in [-0.2, 0) is 0 Å². The van der Waals surface area contributed by atoms with Gasteiger partial charge in [0, 0.05) is 11.4 Å². The van der Waals surface area contributed by atoms with E-state index in [1.165, 1.54) is 18.5 Å². The molecule has 3 radical (unpaired) electrons. The third kappa shape index (κ3) is 1.19. The lowest BCUT2D eigenvalue weighted by atomic mass is 10.4. The zero-order valence-corrected chi connectivity index (χ0v) is 5.94. The smallest absolute Gasteiger partial charge is 0.258 e. The van der Waals surface area contributed by atoms with E-state index in [-0.39, 0.29) is 5.69 Å². The van der Waals surface area contributed by atoms with Gasteiger partial charge in [0.05, 0.1) is 15.2 Å². The van der Waals surface area contributed by atoms with Crippen LogP contribution in [0.25, 0.3) is 0 Å². The summed E-state index contributed by atoms with van der Waals surface area (Å²) < 4.78 is 0. The molecule has 0 saturated carbocycles. The van der Waals surface area contributed by atoms with E-state index in [2.05, 4.69) is 15.2 Å². The van der Waals surface area contributed by atoms with Crippen LogP contribution in [0, 0.1) is 10.1 Å². The second-order valence-electron chi connectivity index (χ2n) is 1.65. The maximum absolute atomic E-state index is 10.2. The molecule has 0 aliphatic carbocycles. The van der Waals surface area contributed by atoms with Crippen LogP contribution in [0.4, 0.5) is 5.69 Å². The minimum atomic E-state index is -0.491. The molecule has 0 saturated heterocycles. The van der Waals surface area contributed by atoms with E-state index < -0.39 is 4.92 Å². The van der Waals surface area contributed by atoms with Crippen LogP contribution in [0.1, 0.15) is 0 Å². The Balaban J connectivity index is 3.15. The topological polar surface area (TPSA) is 56.0 Å². The molecule has 0 aliphatic rings. The molecular formula is C5H3N2O2Si. The Bertz CT molecular complexity index is 264. The Hall–Kier alpha value is -1.23. The summed E-state index contributed by atoms with van der Waals surface area (Å²) in [5.74, 6) is 0. The lowest BCUT2D eigenvalue weighted by molar-refractivity contribution is -0.383. The number of pyridine rings is 1. The van der Waals surface area contributed by atoms with Crippen LogP contribution in [0.3, 0.4) is 0 Å². The molecule has 1 aromatic rings. The lowest BCUT2D eigenvalue weighted by Crippen LogP contribution is -2.08. The van der Waals surface area contributed by atoms with E-state index >= 15 is 0 Å². The van der Waals surface area contributed by atoms with Gasteiger partial charge in [-0.25, -0.2) is 0 Å². The zero-order chi connectivity index (χ0) is 7.56. The van der Waals surface area contributed by atoms with Gasteiger partial charge in [-0.2, -0.15) is 0 Å². The fourth-order valence-corrected chi connectivity index (χ4v) is 0.762. The number of aromatic nitrogens is 1. The van der Waals surface area contributed by atoms with Gasteiger partial charge in [-0.1, -0.05) is 0 Å². The van der Waals surface area contributed by atoms with Crippen LogP contribution < -0.4 is 5.19 Å². The standard InChI is InChI=1S/C5H3N2O2Si/c8-7(9)4-3-6-2-1-5(4)10/h1-3H.